The fourth-order valence-electron chi connectivity index (χ4n) is 3.72. The van der Waals surface area contributed by atoms with Crippen LogP contribution in [0.5, 0.6) is 5.75 Å². The van der Waals surface area contributed by atoms with Crippen LogP contribution in [0.1, 0.15) is 17.1 Å². The van der Waals surface area contributed by atoms with Crippen LogP contribution >= 0.6 is 11.3 Å². The van der Waals surface area contributed by atoms with Crippen molar-refractivity contribution < 1.29 is 19.0 Å². The molecule has 0 fully saturated rings. The number of methoxy groups -OCH3 is 1. The van der Waals surface area contributed by atoms with Gasteiger partial charge >= 0.3 is 6.09 Å². The quantitative estimate of drug-likeness (QED) is 0.472. The van der Waals surface area contributed by atoms with Crippen LogP contribution in [-0.2, 0) is 29.2 Å². The summed E-state index contributed by atoms with van der Waals surface area (Å²) in [7, 11) is 1.62. The monoisotopic (exact) mass is 450 g/mol. The molecule has 0 radical (unpaired) electrons. The SMILES string of the molecule is COc1ccccc1-c1nc(C)c(NC(=O)OCc2ccc3c(c2)nc2n3CCOC2)s1. The molecule has 1 aliphatic heterocycles. The lowest BCUT2D eigenvalue weighted by Gasteiger charge is -2.14. The van der Waals surface area contributed by atoms with Crippen LogP contribution < -0.4 is 10.1 Å². The van der Waals surface area contributed by atoms with E-state index in [0.717, 1.165) is 51.0 Å². The zero-order valence-electron chi connectivity index (χ0n) is 17.8. The highest BCUT2D eigenvalue weighted by atomic mass is 32.1. The fourth-order valence-corrected chi connectivity index (χ4v) is 4.70. The van der Waals surface area contributed by atoms with Crippen molar-refractivity contribution in [3.05, 3.63) is 59.5 Å². The third kappa shape index (κ3) is 3.92. The third-order valence-electron chi connectivity index (χ3n) is 5.30. The first kappa shape index (κ1) is 20.5. The van der Waals surface area contributed by atoms with Crippen LogP contribution in [0.3, 0.4) is 0 Å². The minimum atomic E-state index is -0.527. The number of rotatable bonds is 5. The number of aromatic nitrogens is 3. The zero-order valence-corrected chi connectivity index (χ0v) is 18.6. The first-order chi connectivity index (χ1) is 15.6. The number of nitrogens with zero attached hydrogens (tertiary/aromatic N) is 3. The third-order valence-corrected chi connectivity index (χ3v) is 6.41. The number of carbonyl (C=O) groups is 1. The minimum absolute atomic E-state index is 0.150. The van der Waals surface area contributed by atoms with Gasteiger partial charge in [0.05, 0.1) is 36.0 Å². The van der Waals surface area contributed by atoms with E-state index >= 15 is 0 Å². The molecule has 1 N–H and O–H groups in total. The summed E-state index contributed by atoms with van der Waals surface area (Å²) in [6.45, 7) is 4.02. The molecule has 5 rings (SSSR count). The van der Waals surface area contributed by atoms with Gasteiger partial charge in [0.2, 0.25) is 0 Å². The van der Waals surface area contributed by atoms with Gasteiger partial charge in [0, 0.05) is 6.54 Å². The van der Waals surface area contributed by atoms with E-state index in [4.69, 9.17) is 14.2 Å². The maximum absolute atomic E-state index is 12.4. The van der Waals surface area contributed by atoms with Crippen molar-refractivity contribution >= 4 is 33.5 Å². The molecule has 2 aromatic heterocycles. The molecule has 0 aliphatic carbocycles. The summed E-state index contributed by atoms with van der Waals surface area (Å²) in [5.74, 6) is 1.66. The number of aryl methyl sites for hydroxylation is 1. The van der Waals surface area contributed by atoms with Gasteiger partial charge in [0.25, 0.3) is 0 Å². The van der Waals surface area contributed by atoms with Gasteiger partial charge in [-0.05, 0) is 36.8 Å². The highest BCUT2D eigenvalue weighted by Gasteiger charge is 2.17. The molecule has 0 atom stereocenters. The molecular formula is C23H22N4O4S. The lowest BCUT2D eigenvalue weighted by atomic mass is 10.2. The minimum Gasteiger partial charge on any atom is -0.496 e. The van der Waals surface area contributed by atoms with Crippen LogP contribution in [0.25, 0.3) is 21.6 Å². The van der Waals surface area contributed by atoms with Crippen molar-refractivity contribution in [1.29, 1.82) is 0 Å². The van der Waals surface area contributed by atoms with E-state index in [1.54, 1.807) is 7.11 Å². The largest absolute Gasteiger partial charge is 0.496 e. The van der Waals surface area contributed by atoms with Crippen molar-refractivity contribution in [3.63, 3.8) is 0 Å². The molecule has 1 aliphatic rings. The summed E-state index contributed by atoms with van der Waals surface area (Å²) in [6.07, 6.45) is -0.527. The first-order valence-corrected chi connectivity index (χ1v) is 11.0. The Morgan fingerprint density at radius 3 is 3.00 bits per heavy atom. The Kier molecular flexibility index (Phi) is 5.50. The molecule has 32 heavy (non-hydrogen) atoms. The molecule has 4 aromatic rings. The number of carbonyl (C=O) groups excluding carboxylic acids is 1. The maximum Gasteiger partial charge on any atom is 0.412 e. The van der Waals surface area contributed by atoms with Gasteiger partial charge in [-0.15, -0.1) is 0 Å². The molecule has 0 bridgehead atoms. The second-order valence-electron chi connectivity index (χ2n) is 7.39. The molecule has 0 saturated heterocycles. The number of amides is 1. The molecule has 0 spiro atoms. The Morgan fingerprint density at radius 2 is 2.12 bits per heavy atom. The summed E-state index contributed by atoms with van der Waals surface area (Å²) in [5.41, 5.74) is 4.43. The Morgan fingerprint density at radius 1 is 1.25 bits per heavy atom. The number of thiazole rings is 1. The number of anilines is 1. The van der Waals surface area contributed by atoms with Gasteiger partial charge in [-0.2, -0.15) is 0 Å². The molecule has 1 amide bonds. The molecule has 164 valence electrons. The molecule has 3 heterocycles. The van der Waals surface area contributed by atoms with Gasteiger partial charge in [-0.3, -0.25) is 5.32 Å². The number of hydrogen-bond donors (Lipinski definition) is 1. The van der Waals surface area contributed by atoms with Crippen LogP contribution in [0.2, 0.25) is 0 Å². The lowest BCUT2D eigenvalue weighted by Crippen LogP contribution is -2.16. The Hall–Kier alpha value is -3.43. The smallest absolute Gasteiger partial charge is 0.412 e. The van der Waals surface area contributed by atoms with Crippen LogP contribution in [-0.4, -0.2) is 34.3 Å². The Bertz CT molecular complexity index is 1300. The zero-order chi connectivity index (χ0) is 22.1. The molecular weight excluding hydrogens is 428 g/mol. The Balaban J connectivity index is 1.26. The highest BCUT2D eigenvalue weighted by Crippen LogP contribution is 2.36. The molecule has 8 nitrogen and oxygen atoms in total. The van der Waals surface area contributed by atoms with E-state index in [-0.39, 0.29) is 6.61 Å². The molecule has 0 saturated carbocycles. The molecule has 9 heteroatoms. The van der Waals surface area contributed by atoms with E-state index in [1.165, 1.54) is 11.3 Å². The van der Waals surface area contributed by atoms with Crippen molar-refractivity contribution in [1.82, 2.24) is 14.5 Å². The second-order valence-corrected chi connectivity index (χ2v) is 8.39. The number of benzene rings is 2. The molecule has 0 unspecified atom stereocenters. The average Bonchev–Trinajstić information content (AvgIpc) is 3.37. The Labute approximate surface area is 188 Å². The van der Waals surface area contributed by atoms with E-state index in [0.29, 0.717) is 18.2 Å². The van der Waals surface area contributed by atoms with Crippen molar-refractivity contribution in [3.8, 4) is 16.3 Å². The fraction of sp³-hybridized carbons (Fsp3) is 0.261. The number of imidazole rings is 1. The maximum atomic E-state index is 12.4. The number of hydrogen-bond acceptors (Lipinski definition) is 7. The summed E-state index contributed by atoms with van der Waals surface area (Å²) in [4.78, 5) is 21.6. The number of para-hydroxylation sites is 1. The van der Waals surface area contributed by atoms with Crippen molar-refractivity contribution in [2.24, 2.45) is 0 Å². The normalized spacial score (nSPS) is 13.1. The van der Waals surface area contributed by atoms with Gasteiger partial charge in [0.1, 0.15) is 34.8 Å². The van der Waals surface area contributed by atoms with Crippen LogP contribution in [0.4, 0.5) is 9.80 Å². The topological polar surface area (TPSA) is 87.5 Å². The summed E-state index contributed by atoms with van der Waals surface area (Å²) in [5, 5.41) is 4.22. The standard InChI is InChI=1S/C23H22N4O4S/c1-14-21(32-22(24-14)16-5-3-4-6-19(16)29-2)26-23(28)31-12-15-7-8-18-17(11-15)25-20-13-30-10-9-27(18)20/h3-8,11H,9-10,12-13H2,1-2H3,(H,26,28). The van der Waals surface area contributed by atoms with Gasteiger partial charge < -0.3 is 18.8 Å². The number of fused-ring (bicyclic) bond motifs is 3. The van der Waals surface area contributed by atoms with Crippen molar-refractivity contribution in [2.75, 3.05) is 19.0 Å². The number of nitrogens with one attached hydrogen (secondary N) is 1. The number of ether oxygens (including phenoxy) is 3. The van der Waals surface area contributed by atoms with Gasteiger partial charge in [-0.1, -0.05) is 29.5 Å². The van der Waals surface area contributed by atoms with Crippen molar-refractivity contribution in [2.45, 2.75) is 26.7 Å². The summed E-state index contributed by atoms with van der Waals surface area (Å²) < 4.78 is 18.5. The van der Waals surface area contributed by atoms with Crippen LogP contribution in [0, 0.1) is 6.92 Å². The predicted molar refractivity (Wildman–Crippen MR) is 122 cm³/mol. The lowest BCUT2D eigenvalue weighted by molar-refractivity contribution is 0.0830. The van der Waals surface area contributed by atoms with Gasteiger partial charge in [0.15, 0.2) is 0 Å². The predicted octanol–water partition coefficient (Wildman–Crippen LogP) is 4.76. The van der Waals surface area contributed by atoms with E-state index in [1.807, 2.05) is 49.4 Å². The molecule has 2 aromatic carbocycles. The van der Waals surface area contributed by atoms with E-state index in [9.17, 15) is 4.79 Å². The summed E-state index contributed by atoms with van der Waals surface area (Å²) in [6, 6.07) is 13.6. The first-order valence-electron chi connectivity index (χ1n) is 10.2. The average molecular weight is 451 g/mol. The summed E-state index contributed by atoms with van der Waals surface area (Å²) >= 11 is 1.38. The van der Waals surface area contributed by atoms with Crippen LogP contribution in [0.15, 0.2) is 42.5 Å². The van der Waals surface area contributed by atoms with Gasteiger partial charge in [-0.25, -0.2) is 14.8 Å². The second kappa shape index (κ2) is 8.60. The van der Waals surface area contributed by atoms with E-state index < -0.39 is 6.09 Å². The van der Waals surface area contributed by atoms with E-state index in [2.05, 4.69) is 19.9 Å². The highest BCUT2D eigenvalue weighted by molar-refractivity contribution is 7.19.